The van der Waals surface area contributed by atoms with Crippen molar-refractivity contribution in [2.45, 2.75) is 20.8 Å². The van der Waals surface area contributed by atoms with E-state index in [4.69, 9.17) is 9.47 Å². The van der Waals surface area contributed by atoms with Crippen molar-refractivity contribution in [1.82, 2.24) is 4.98 Å². The molecule has 0 bridgehead atoms. The van der Waals surface area contributed by atoms with E-state index in [1.807, 2.05) is 6.07 Å². The van der Waals surface area contributed by atoms with Gasteiger partial charge in [-0.1, -0.05) is 18.2 Å². The van der Waals surface area contributed by atoms with Gasteiger partial charge in [-0.05, 0) is 38.5 Å². The molecule has 0 atom stereocenters. The van der Waals surface area contributed by atoms with E-state index in [1.54, 1.807) is 45.0 Å². The molecule has 1 aromatic carbocycles. The second kappa shape index (κ2) is 8.14. The number of H-pyrrole nitrogens is 1. The third-order valence-electron chi connectivity index (χ3n) is 3.47. The molecule has 0 aliphatic carbocycles. The first-order valence-corrected chi connectivity index (χ1v) is 7.92. The van der Waals surface area contributed by atoms with Crippen LogP contribution in [0.25, 0.3) is 0 Å². The number of para-hydroxylation sites is 1. The molecule has 132 valence electrons. The van der Waals surface area contributed by atoms with Crippen LogP contribution in [0.4, 0.5) is 5.69 Å². The molecule has 0 spiro atoms. The Morgan fingerprint density at radius 3 is 2.16 bits per heavy atom. The topological polar surface area (TPSA) is 97.5 Å². The van der Waals surface area contributed by atoms with Crippen LogP contribution in [0, 0.1) is 6.92 Å². The Morgan fingerprint density at radius 1 is 0.960 bits per heavy atom. The lowest BCUT2D eigenvalue weighted by molar-refractivity contribution is 0.0517. The first-order valence-electron chi connectivity index (χ1n) is 7.92. The fraction of sp³-hybridized carbons (Fsp3) is 0.278. The van der Waals surface area contributed by atoms with E-state index in [9.17, 15) is 14.4 Å². The molecule has 0 aliphatic rings. The number of aromatic nitrogens is 1. The third kappa shape index (κ3) is 4.06. The number of carbonyl (C=O) groups is 3. The molecule has 1 amide bonds. The van der Waals surface area contributed by atoms with Crippen LogP contribution in [-0.2, 0) is 9.47 Å². The van der Waals surface area contributed by atoms with Gasteiger partial charge in [0.2, 0.25) is 0 Å². The Kier molecular flexibility index (Phi) is 5.94. The standard InChI is InChI=1S/C18H20N2O5/c1-4-24-17(22)13-11(3)14(18(23)25-5-2)20-15(13)16(21)19-12-9-7-6-8-10-12/h6-10,20H,4-5H2,1-3H3,(H,19,21). The van der Waals surface area contributed by atoms with Crippen molar-refractivity contribution in [2.24, 2.45) is 0 Å². The second-order valence-corrected chi connectivity index (χ2v) is 5.14. The number of aromatic amines is 1. The first kappa shape index (κ1) is 18.3. The van der Waals surface area contributed by atoms with Gasteiger partial charge in [0, 0.05) is 5.69 Å². The van der Waals surface area contributed by atoms with Gasteiger partial charge in [0.1, 0.15) is 11.4 Å². The molecule has 25 heavy (non-hydrogen) atoms. The summed E-state index contributed by atoms with van der Waals surface area (Å²) >= 11 is 0. The number of benzene rings is 1. The van der Waals surface area contributed by atoms with Gasteiger partial charge in [0.05, 0.1) is 18.8 Å². The minimum absolute atomic E-state index is 0.0262. The molecule has 0 saturated heterocycles. The van der Waals surface area contributed by atoms with Crippen LogP contribution in [0.15, 0.2) is 30.3 Å². The smallest absolute Gasteiger partial charge is 0.355 e. The van der Waals surface area contributed by atoms with Crippen LogP contribution >= 0.6 is 0 Å². The molecule has 2 aromatic rings. The number of carbonyl (C=O) groups excluding carboxylic acids is 3. The average molecular weight is 344 g/mol. The molecule has 7 heteroatoms. The largest absolute Gasteiger partial charge is 0.462 e. The van der Waals surface area contributed by atoms with Gasteiger partial charge in [0.25, 0.3) is 5.91 Å². The number of esters is 2. The number of ether oxygens (including phenoxy) is 2. The molecule has 1 heterocycles. The summed E-state index contributed by atoms with van der Waals surface area (Å²) in [5.74, 6) is -1.86. The summed E-state index contributed by atoms with van der Waals surface area (Å²) in [5, 5.41) is 2.68. The summed E-state index contributed by atoms with van der Waals surface area (Å²) in [6, 6.07) is 8.78. The Bertz CT molecular complexity index is 780. The SMILES string of the molecule is CCOC(=O)c1[nH]c(C(=O)Nc2ccccc2)c(C(=O)OCC)c1C. The number of amides is 1. The zero-order chi connectivity index (χ0) is 18.4. The monoisotopic (exact) mass is 344 g/mol. The molecule has 1 aromatic heterocycles. The minimum Gasteiger partial charge on any atom is -0.462 e. The molecule has 0 aliphatic heterocycles. The predicted octanol–water partition coefficient (Wildman–Crippen LogP) is 2.93. The van der Waals surface area contributed by atoms with Crippen LogP contribution in [0.2, 0.25) is 0 Å². The van der Waals surface area contributed by atoms with Crippen molar-refractivity contribution >= 4 is 23.5 Å². The lowest BCUT2D eigenvalue weighted by Crippen LogP contribution is -2.17. The van der Waals surface area contributed by atoms with Crippen molar-refractivity contribution < 1.29 is 23.9 Å². The highest BCUT2D eigenvalue weighted by Crippen LogP contribution is 2.22. The average Bonchev–Trinajstić information content (AvgIpc) is 2.94. The molecular weight excluding hydrogens is 324 g/mol. The number of rotatable bonds is 6. The summed E-state index contributed by atoms with van der Waals surface area (Å²) in [6.07, 6.45) is 0. The number of nitrogens with one attached hydrogen (secondary N) is 2. The quantitative estimate of drug-likeness (QED) is 0.785. The highest BCUT2D eigenvalue weighted by molar-refractivity contribution is 6.12. The number of anilines is 1. The van der Waals surface area contributed by atoms with Crippen molar-refractivity contribution in [1.29, 1.82) is 0 Å². The van der Waals surface area contributed by atoms with Crippen LogP contribution in [0.3, 0.4) is 0 Å². The van der Waals surface area contributed by atoms with Crippen LogP contribution in [0.1, 0.15) is 50.7 Å². The molecule has 2 rings (SSSR count). The maximum absolute atomic E-state index is 12.6. The maximum Gasteiger partial charge on any atom is 0.355 e. The van der Waals surface area contributed by atoms with Gasteiger partial charge >= 0.3 is 11.9 Å². The Labute approximate surface area is 145 Å². The van der Waals surface area contributed by atoms with Crippen LogP contribution in [0.5, 0.6) is 0 Å². The van der Waals surface area contributed by atoms with Crippen LogP contribution in [-0.4, -0.2) is 36.0 Å². The zero-order valence-electron chi connectivity index (χ0n) is 14.3. The lowest BCUT2D eigenvalue weighted by atomic mass is 10.1. The normalized spacial score (nSPS) is 10.2. The van der Waals surface area contributed by atoms with Gasteiger partial charge in [0.15, 0.2) is 0 Å². The zero-order valence-corrected chi connectivity index (χ0v) is 14.3. The van der Waals surface area contributed by atoms with Crippen LogP contribution < -0.4 is 5.32 Å². The molecule has 7 nitrogen and oxygen atoms in total. The third-order valence-corrected chi connectivity index (χ3v) is 3.47. The summed E-state index contributed by atoms with van der Waals surface area (Å²) in [5.41, 5.74) is 0.923. The van der Waals surface area contributed by atoms with Gasteiger partial charge in [-0.3, -0.25) is 4.79 Å². The summed E-state index contributed by atoms with van der Waals surface area (Å²) < 4.78 is 9.97. The number of hydrogen-bond donors (Lipinski definition) is 2. The first-order chi connectivity index (χ1) is 12.0. The summed E-state index contributed by atoms with van der Waals surface area (Å²) in [7, 11) is 0. The van der Waals surface area contributed by atoms with Crippen molar-refractivity contribution in [2.75, 3.05) is 18.5 Å². The molecular formula is C18H20N2O5. The fourth-order valence-electron chi connectivity index (χ4n) is 2.34. The van der Waals surface area contributed by atoms with Gasteiger partial charge < -0.3 is 19.8 Å². The summed E-state index contributed by atoms with van der Waals surface area (Å²) in [4.78, 5) is 39.6. The van der Waals surface area contributed by atoms with Gasteiger partial charge in [-0.2, -0.15) is 0 Å². The van der Waals surface area contributed by atoms with Crippen molar-refractivity contribution in [3.05, 3.63) is 52.8 Å². The Balaban J connectivity index is 2.43. The highest BCUT2D eigenvalue weighted by atomic mass is 16.5. The molecule has 0 fully saturated rings. The van der Waals surface area contributed by atoms with Gasteiger partial charge in [-0.15, -0.1) is 0 Å². The number of hydrogen-bond acceptors (Lipinski definition) is 5. The molecule has 0 saturated carbocycles. The van der Waals surface area contributed by atoms with E-state index in [0.717, 1.165) is 0 Å². The fourth-order valence-corrected chi connectivity index (χ4v) is 2.34. The van der Waals surface area contributed by atoms with E-state index in [1.165, 1.54) is 0 Å². The van der Waals surface area contributed by atoms with E-state index >= 15 is 0 Å². The minimum atomic E-state index is -0.676. The predicted molar refractivity (Wildman–Crippen MR) is 91.8 cm³/mol. The van der Waals surface area contributed by atoms with Crippen molar-refractivity contribution in [3.63, 3.8) is 0 Å². The van der Waals surface area contributed by atoms with E-state index in [2.05, 4.69) is 10.3 Å². The second-order valence-electron chi connectivity index (χ2n) is 5.14. The van der Waals surface area contributed by atoms with E-state index < -0.39 is 17.8 Å². The molecule has 0 radical (unpaired) electrons. The summed E-state index contributed by atoms with van der Waals surface area (Å²) in [6.45, 7) is 5.23. The Hall–Kier alpha value is -3.09. The molecule has 2 N–H and O–H groups in total. The van der Waals surface area contributed by atoms with E-state index in [-0.39, 0.29) is 30.2 Å². The van der Waals surface area contributed by atoms with Crippen molar-refractivity contribution in [3.8, 4) is 0 Å². The highest BCUT2D eigenvalue weighted by Gasteiger charge is 2.29. The van der Waals surface area contributed by atoms with E-state index in [0.29, 0.717) is 11.3 Å². The molecule has 0 unspecified atom stereocenters. The lowest BCUT2D eigenvalue weighted by Gasteiger charge is -2.06. The van der Waals surface area contributed by atoms with Gasteiger partial charge in [-0.25, -0.2) is 9.59 Å². The maximum atomic E-state index is 12.6. The Morgan fingerprint density at radius 2 is 1.56 bits per heavy atom.